The highest BCUT2D eigenvalue weighted by Crippen LogP contribution is 2.37. The lowest BCUT2D eigenvalue weighted by Gasteiger charge is -2.35. The molecular weight excluding hydrogens is 214 g/mol. The normalized spacial score (nSPS) is 34.7. The van der Waals surface area contributed by atoms with E-state index in [4.69, 9.17) is 10.5 Å². The zero-order chi connectivity index (χ0) is 12.3. The number of rotatable bonds is 4. The molecule has 2 rings (SSSR count). The summed E-state index contributed by atoms with van der Waals surface area (Å²) in [4.78, 5) is 4.49. The third-order valence-electron chi connectivity index (χ3n) is 4.03. The maximum Gasteiger partial charge on any atom is 0.188 e. The predicted octanol–water partition coefficient (Wildman–Crippen LogP) is 1.65. The fourth-order valence-electron chi connectivity index (χ4n) is 2.44. The van der Waals surface area contributed by atoms with Gasteiger partial charge in [0.15, 0.2) is 5.96 Å². The van der Waals surface area contributed by atoms with Crippen LogP contribution in [0.1, 0.15) is 45.4 Å². The Kier molecular flexibility index (Phi) is 3.92. The zero-order valence-electron chi connectivity index (χ0n) is 11.0. The van der Waals surface area contributed by atoms with Gasteiger partial charge in [-0.2, -0.15) is 0 Å². The van der Waals surface area contributed by atoms with Gasteiger partial charge in [-0.25, -0.2) is 0 Å². The van der Waals surface area contributed by atoms with Gasteiger partial charge in [-0.3, -0.25) is 4.99 Å². The minimum absolute atomic E-state index is 0.310. The van der Waals surface area contributed by atoms with E-state index in [0.29, 0.717) is 23.5 Å². The van der Waals surface area contributed by atoms with Crippen LogP contribution < -0.4 is 11.1 Å². The Balaban J connectivity index is 1.77. The molecular formula is C13H25N3O. The van der Waals surface area contributed by atoms with Gasteiger partial charge in [-0.1, -0.05) is 6.92 Å². The highest BCUT2D eigenvalue weighted by atomic mass is 16.5. The number of hydrogen-bond acceptors (Lipinski definition) is 2. The lowest BCUT2D eigenvalue weighted by Crippen LogP contribution is -2.36. The van der Waals surface area contributed by atoms with Crippen molar-refractivity contribution in [2.75, 3.05) is 13.7 Å². The average molecular weight is 239 g/mol. The van der Waals surface area contributed by atoms with Crippen molar-refractivity contribution < 1.29 is 4.74 Å². The maximum atomic E-state index is 5.86. The molecule has 0 aliphatic heterocycles. The van der Waals surface area contributed by atoms with Crippen LogP contribution in [-0.4, -0.2) is 31.8 Å². The summed E-state index contributed by atoms with van der Waals surface area (Å²) in [6, 6.07) is 0.593. The van der Waals surface area contributed by atoms with Crippen LogP contribution in [0.25, 0.3) is 0 Å². The first kappa shape index (κ1) is 12.7. The molecule has 2 fully saturated rings. The monoisotopic (exact) mass is 239 g/mol. The first-order valence-corrected chi connectivity index (χ1v) is 6.70. The summed E-state index contributed by atoms with van der Waals surface area (Å²) in [6.07, 6.45) is 7.61. The van der Waals surface area contributed by atoms with Gasteiger partial charge in [0.1, 0.15) is 0 Å². The molecule has 2 saturated carbocycles. The van der Waals surface area contributed by atoms with Gasteiger partial charge in [0.25, 0.3) is 0 Å². The molecule has 2 aliphatic carbocycles. The van der Waals surface area contributed by atoms with E-state index in [1.165, 1.54) is 25.7 Å². The molecule has 98 valence electrons. The number of aliphatic imine (C=N–C) groups is 1. The van der Waals surface area contributed by atoms with Crippen molar-refractivity contribution in [2.24, 2.45) is 16.1 Å². The summed E-state index contributed by atoms with van der Waals surface area (Å²) < 4.78 is 5.40. The topological polar surface area (TPSA) is 59.6 Å². The number of nitrogens with two attached hydrogens (primary N) is 1. The molecule has 0 aromatic heterocycles. The molecule has 0 saturated heterocycles. The van der Waals surface area contributed by atoms with Crippen LogP contribution in [-0.2, 0) is 4.74 Å². The van der Waals surface area contributed by atoms with Gasteiger partial charge in [-0.15, -0.1) is 0 Å². The summed E-state index contributed by atoms with van der Waals surface area (Å²) in [5, 5.41) is 3.23. The number of hydrogen-bond donors (Lipinski definition) is 2. The Labute approximate surface area is 104 Å². The third-order valence-corrected chi connectivity index (χ3v) is 4.03. The second-order valence-electron chi connectivity index (χ2n) is 5.87. The number of ether oxygens (including phenoxy) is 1. The molecule has 0 unspecified atom stereocenters. The van der Waals surface area contributed by atoms with Gasteiger partial charge < -0.3 is 15.8 Å². The molecule has 3 N–H and O–H groups in total. The summed E-state index contributed by atoms with van der Waals surface area (Å²) >= 11 is 0. The molecule has 0 amide bonds. The molecule has 2 aliphatic rings. The van der Waals surface area contributed by atoms with Crippen LogP contribution in [0.15, 0.2) is 4.99 Å². The Morgan fingerprint density at radius 3 is 2.53 bits per heavy atom. The molecule has 4 heteroatoms. The standard InChI is InChI=1S/C13H25N3O/c1-13(7-5-11(17-2)6-8-13)9-15-12(14)16-10-3-4-10/h10-11H,3-9H2,1-2H3,(H3,14,15,16). The van der Waals surface area contributed by atoms with E-state index in [-0.39, 0.29) is 0 Å². The second kappa shape index (κ2) is 5.25. The van der Waals surface area contributed by atoms with Crippen LogP contribution in [0.2, 0.25) is 0 Å². The van der Waals surface area contributed by atoms with E-state index < -0.39 is 0 Å². The first-order chi connectivity index (χ1) is 8.11. The summed E-state index contributed by atoms with van der Waals surface area (Å²) in [5.74, 6) is 0.627. The smallest absolute Gasteiger partial charge is 0.188 e. The van der Waals surface area contributed by atoms with Crippen LogP contribution in [0.4, 0.5) is 0 Å². The van der Waals surface area contributed by atoms with Crippen molar-refractivity contribution in [1.29, 1.82) is 0 Å². The van der Waals surface area contributed by atoms with Crippen molar-refractivity contribution >= 4 is 5.96 Å². The summed E-state index contributed by atoms with van der Waals surface area (Å²) in [7, 11) is 1.81. The van der Waals surface area contributed by atoms with E-state index in [9.17, 15) is 0 Å². The molecule has 0 heterocycles. The van der Waals surface area contributed by atoms with Gasteiger partial charge >= 0.3 is 0 Å². The van der Waals surface area contributed by atoms with Gasteiger partial charge in [-0.05, 0) is 43.9 Å². The van der Waals surface area contributed by atoms with Crippen LogP contribution in [0.5, 0.6) is 0 Å². The fraction of sp³-hybridized carbons (Fsp3) is 0.923. The Morgan fingerprint density at radius 1 is 1.35 bits per heavy atom. The average Bonchev–Trinajstić information content (AvgIpc) is 3.12. The van der Waals surface area contributed by atoms with Crippen LogP contribution >= 0.6 is 0 Å². The van der Waals surface area contributed by atoms with Crippen molar-refractivity contribution in [3.05, 3.63) is 0 Å². The first-order valence-electron chi connectivity index (χ1n) is 6.70. The molecule has 4 nitrogen and oxygen atoms in total. The number of nitrogens with one attached hydrogen (secondary N) is 1. The SMILES string of the molecule is COC1CCC(C)(CN=C(N)NC2CC2)CC1. The molecule has 0 aromatic carbocycles. The molecule has 0 radical (unpaired) electrons. The number of methoxy groups -OCH3 is 1. The molecule has 17 heavy (non-hydrogen) atoms. The molecule has 0 atom stereocenters. The van der Waals surface area contributed by atoms with Gasteiger partial charge in [0.05, 0.1) is 6.10 Å². The van der Waals surface area contributed by atoms with Crippen molar-refractivity contribution in [2.45, 2.75) is 57.6 Å². The summed E-state index contributed by atoms with van der Waals surface area (Å²) in [6.45, 7) is 3.15. The van der Waals surface area contributed by atoms with E-state index in [1.54, 1.807) is 0 Å². The predicted molar refractivity (Wildman–Crippen MR) is 70.0 cm³/mol. The maximum absolute atomic E-state index is 5.86. The fourth-order valence-corrected chi connectivity index (χ4v) is 2.44. The Morgan fingerprint density at radius 2 is 2.00 bits per heavy atom. The minimum Gasteiger partial charge on any atom is -0.381 e. The van der Waals surface area contributed by atoms with Crippen molar-refractivity contribution in [3.8, 4) is 0 Å². The number of guanidine groups is 1. The van der Waals surface area contributed by atoms with Gasteiger partial charge in [0, 0.05) is 19.7 Å². The molecule has 0 aromatic rings. The van der Waals surface area contributed by atoms with E-state index >= 15 is 0 Å². The minimum atomic E-state index is 0.310. The van der Waals surface area contributed by atoms with Crippen molar-refractivity contribution in [1.82, 2.24) is 5.32 Å². The summed E-state index contributed by atoms with van der Waals surface area (Å²) in [5.41, 5.74) is 6.17. The molecule has 0 bridgehead atoms. The molecule has 0 spiro atoms. The van der Waals surface area contributed by atoms with E-state index in [1.807, 2.05) is 7.11 Å². The van der Waals surface area contributed by atoms with Gasteiger partial charge in [0.2, 0.25) is 0 Å². The Bertz CT molecular complexity index is 278. The second-order valence-corrected chi connectivity index (χ2v) is 5.87. The highest BCUT2D eigenvalue weighted by molar-refractivity contribution is 5.78. The van der Waals surface area contributed by atoms with Crippen LogP contribution in [0.3, 0.4) is 0 Å². The highest BCUT2D eigenvalue weighted by Gasteiger charge is 2.31. The van der Waals surface area contributed by atoms with E-state index in [2.05, 4.69) is 17.2 Å². The van der Waals surface area contributed by atoms with E-state index in [0.717, 1.165) is 19.4 Å². The third kappa shape index (κ3) is 3.87. The number of nitrogens with zero attached hydrogens (tertiary/aromatic N) is 1. The lowest BCUT2D eigenvalue weighted by atomic mass is 9.75. The zero-order valence-corrected chi connectivity index (χ0v) is 11.0. The Hall–Kier alpha value is -0.770. The quantitative estimate of drug-likeness (QED) is 0.579. The van der Waals surface area contributed by atoms with Crippen LogP contribution in [0, 0.1) is 5.41 Å². The largest absolute Gasteiger partial charge is 0.381 e. The lowest BCUT2D eigenvalue weighted by molar-refractivity contribution is 0.0353. The van der Waals surface area contributed by atoms with Crippen molar-refractivity contribution in [3.63, 3.8) is 0 Å².